The molecule has 0 amide bonds. The van der Waals surface area contributed by atoms with Gasteiger partial charge in [-0.2, -0.15) is 0 Å². The minimum absolute atomic E-state index is 0.427. The summed E-state index contributed by atoms with van der Waals surface area (Å²) in [6.45, 7) is 3.90. The molecule has 0 fully saturated rings. The normalized spacial score (nSPS) is 11.2. The van der Waals surface area contributed by atoms with Gasteiger partial charge in [-0.3, -0.25) is 5.32 Å². The molecular weight excluding hydrogens is 246 g/mol. The lowest BCUT2D eigenvalue weighted by Crippen LogP contribution is -2.31. The summed E-state index contributed by atoms with van der Waals surface area (Å²) in [6, 6.07) is 1.95. The number of hydrogen-bond acceptors (Lipinski definition) is 5. The highest BCUT2D eigenvalue weighted by Crippen LogP contribution is 2.05. The van der Waals surface area contributed by atoms with Crippen molar-refractivity contribution in [3.8, 4) is 0 Å². The van der Waals surface area contributed by atoms with E-state index in [9.17, 15) is 4.79 Å². The van der Waals surface area contributed by atoms with Gasteiger partial charge in [0.2, 0.25) is 0 Å². The van der Waals surface area contributed by atoms with Crippen LogP contribution < -0.4 is 9.88 Å². The van der Waals surface area contributed by atoms with E-state index in [-0.39, 0.29) is 0 Å². The van der Waals surface area contributed by atoms with Gasteiger partial charge in [0.05, 0.1) is 18.5 Å². The van der Waals surface area contributed by atoms with Crippen molar-refractivity contribution in [3.63, 3.8) is 0 Å². The Kier molecular flexibility index (Phi) is 3.46. The maximum absolute atomic E-state index is 11.0. The first-order valence-corrected chi connectivity index (χ1v) is 5.77. The van der Waals surface area contributed by atoms with Crippen LogP contribution in [0.15, 0.2) is 18.3 Å². The number of rotatable bonds is 3. The minimum atomic E-state index is -0.427. The number of methoxy groups -OCH3 is 1. The molecule has 0 unspecified atom stereocenters. The lowest BCUT2D eigenvalue weighted by atomic mass is 10.4. The standard InChI is InChI=1S/C12H15N5O2/c1-8-7-9(2)17-12(14-8)16(3)11(15-17)13-6-5-10(18)19-4/h5-7H,1-4H3/p+1. The molecule has 2 aromatic heterocycles. The third-order valence-corrected chi connectivity index (χ3v) is 2.66. The number of hydrogen-bond donors (Lipinski definition) is 1. The molecule has 7 heteroatoms. The molecule has 2 aromatic rings. The summed E-state index contributed by atoms with van der Waals surface area (Å²) in [7, 11) is 3.18. The van der Waals surface area contributed by atoms with Gasteiger partial charge < -0.3 is 4.74 Å². The second-order valence-electron chi connectivity index (χ2n) is 4.13. The van der Waals surface area contributed by atoms with Crippen LogP contribution in [0.3, 0.4) is 0 Å². The van der Waals surface area contributed by atoms with Crippen molar-refractivity contribution in [2.75, 3.05) is 12.4 Å². The molecule has 0 spiro atoms. The summed E-state index contributed by atoms with van der Waals surface area (Å²) in [4.78, 5) is 15.4. The number of aryl methyl sites for hydroxylation is 3. The van der Waals surface area contributed by atoms with Crippen LogP contribution in [0, 0.1) is 13.8 Å². The summed E-state index contributed by atoms with van der Waals surface area (Å²) >= 11 is 0. The molecule has 0 aliphatic carbocycles. The summed E-state index contributed by atoms with van der Waals surface area (Å²) in [6.07, 6.45) is 2.77. The van der Waals surface area contributed by atoms with Crippen molar-refractivity contribution in [1.82, 2.24) is 14.6 Å². The quantitative estimate of drug-likeness (QED) is 0.488. The van der Waals surface area contributed by atoms with Crippen LogP contribution in [0.4, 0.5) is 5.95 Å². The van der Waals surface area contributed by atoms with Gasteiger partial charge in [0.1, 0.15) is 0 Å². The highest BCUT2D eigenvalue weighted by Gasteiger charge is 2.17. The molecule has 19 heavy (non-hydrogen) atoms. The highest BCUT2D eigenvalue weighted by molar-refractivity contribution is 5.82. The molecule has 0 radical (unpaired) electrons. The van der Waals surface area contributed by atoms with Crippen LogP contribution in [-0.2, 0) is 16.6 Å². The first-order valence-electron chi connectivity index (χ1n) is 5.77. The van der Waals surface area contributed by atoms with E-state index in [1.165, 1.54) is 19.4 Å². The topological polar surface area (TPSA) is 72.4 Å². The number of ether oxygens (including phenoxy) is 1. The van der Waals surface area contributed by atoms with Gasteiger partial charge in [0, 0.05) is 30.5 Å². The molecule has 0 saturated carbocycles. The monoisotopic (exact) mass is 262 g/mol. The van der Waals surface area contributed by atoms with Crippen LogP contribution >= 0.6 is 0 Å². The zero-order valence-electron chi connectivity index (χ0n) is 11.3. The van der Waals surface area contributed by atoms with Gasteiger partial charge in [-0.15, -0.1) is 9.50 Å². The van der Waals surface area contributed by atoms with E-state index in [0.29, 0.717) is 5.95 Å². The molecule has 0 aliphatic rings. The fourth-order valence-electron chi connectivity index (χ4n) is 1.73. The van der Waals surface area contributed by atoms with E-state index in [1.54, 1.807) is 4.52 Å². The summed E-state index contributed by atoms with van der Waals surface area (Å²) in [5.41, 5.74) is 1.92. The molecule has 0 saturated heterocycles. The van der Waals surface area contributed by atoms with E-state index in [1.807, 2.05) is 31.5 Å². The maximum Gasteiger partial charge on any atom is 0.358 e. The number of fused-ring (bicyclic) bond motifs is 1. The van der Waals surface area contributed by atoms with Crippen LogP contribution in [-0.4, -0.2) is 27.7 Å². The molecule has 0 bridgehead atoms. The zero-order valence-corrected chi connectivity index (χ0v) is 11.3. The second kappa shape index (κ2) is 5.05. The number of nitrogens with one attached hydrogen (secondary N) is 1. The molecule has 0 aromatic carbocycles. The SMILES string of the molecule is COC(=O)C=CNc1nn2c(C)cc(C)nc2[n+]1C. The van der Waals surface area contributed by atoms with Crippen molar-refractivity contribution in [2.45, 2.75) is 13.8 Å². The van der Waals surface area contributed by atoms with Gasteiger partial charge in [-0.05, 0) is 13.8 Å². The fraction of sp³-hybridized carbons (Fsp3) is 0.333. The second-order valence-corrected chi connectivity index (χ2v) is 4.13. The van der Waals surface area contributed by atoms with E-state index in [0.717, 1.165) is 17.2 Å². The van der Waals surface area contributed by atoms with Crippen LogP contribution in [0.2, 0.25) is 0 Å². The first kappa shape index (κ1) is 13.0. The smallest absolute Gasteiger partial charge is 0.358 e. The van der Waals surface area contributed by atoms with Crippen LogP contribution in [0.1, 0.15) is 11.4 Å². The van der Waals surface area contributed by atoms with E-state index in [4.69, 9.17) is 0 Å². The van der Waals surface area contributed by atoms with E-state index in [2.05, 4.69) is 20.1 Å². The Bertz CT molecular complexity index is 660. The van der Waals surface area contributed by atoms with Crippen molar-refractivity contribution in [3.05, 3.63) is 29.7 Å². The first-order chi connectivity index (χ1) is 9.02. The zero-order chi connectivity index (χ0) is 14.0. The number of anilines is 1. The molecule has 1 N–H and O–H groups in total. The molecule has 100 valence electrons. The third-order valence-electron chi connectivity index (χ3n) is 2.66. The molecular formula is C12H16N5O2+. The van der Waals surface area contributed by atoms with Gasteiger partial charge in [-0.1, -0.05) is 0 Å². The Hall–Kier alpha value is -2.44. The number of aromatic nitrogens is 4. The van der Waals surface area contributed by atoms with Gasteiger partial charge in [0.25, 0.3) is 0 Å². The summed E-state index contributed by atoms with van der Waals surface area (Å²) in [5, 5.41) is 7.30. The lowest BCUT2D eigenvalue weighted by Gasteiger charge is -1.94. The van der Waals surface area contributed by atoms with Crippen molar-refractivity contribution in [1.29, 1.82) is 0 Å². The Labute approximate surface area is 110 Å². The molecule has 2 rings (SSSR count). The Morgan fingerprint density at radius 2 is 2.26 bits per heavy atom. The number of nitrogens with zero attached hydrogens (tertiary/aromatic N) is 4. The maximum atomic E-state index is 11.0. The fourth-order valence-corrected chi connectivity index (χ4v) is 1.73. The molecule has 2 heterocycles. The lowest BCUT2D eigenvalue weighted by molar-refractivity contribution is -0.633. The van der Waals surface area contributed by atoms with Crippen LogP contribution in [0.25, 0.3) is 5.78 Å². The summed E-state index contributed by atoms with van der Waals surface area (Å²) in [5.74, 6) is 0.886. The van der Waals surface area contributed by atoms with Gasteiger partial charge in [-0.25, -0.2) is 9.36 Å². The van der Waals surface area contributed by atoms with Crippen LogP contribution in [0.5, 0.6) is 0 Å². The minimum Gasteiger partial charge on any atom is -0.466 e. The number of carbonyl (C=O) groups excluding carboxylic acids is 1. The predicted molar refractivity (Wildman–Crippen MR) is 68.4 cm³/mol. The molecule has 0 atom stereocenters. The van der Waals surface area contributed by atoms with E-state index >= 15 is 0 Å². The third kappa shape index (κ3) is 2.54. The largest absolute Gasteiger partial charge is 0.466 e. The molecule has 0 aliphatic heterocycles. The Morgan fingerprint density at radius 3 is 2.95 bits per heavy atom. The highest BCUT2D eigenvalue weighted by atomic mass is 16.5. The average Bonchev–Trinajstić information content (AvgIpc) is 2.67. The predicted octanol–water partition coefficient (Wildman–Crippen LogP) is 0.269. The van der Waals surface area contributed by atoms with Gasteiger partial charge in [0.15, 0.2) is 0 Å². The number of esters is 1. The van der Waals surface area contributed by atoms with Crippen molar-refractivity contribution in [2.24, 2.45) is 7.05 Å². The molecule has 7 nitrogen and oxygen atoms in total. The average molecular weight is 262 g/mol. The number of carbonyl (C=O) groups is 1. The van der Waals surface area contributed by atoms with Gasteiger partial charge >= 0.3 is 17.7 Å². The van der Waals surface area contributed by atoms with Crippen molar-refractivity contribution < 1.29 is 14.1 Å². The Morgan fingerprint density at radius 1 is 1.53 bits per heavy atom. The summed E-state index contributed by atoms with van der Waals surface area (Å²) < 4.78 is 8.05. The van der Waals surface area contributed by atoms with E-state index < -0.39 is 5.97 Å². The van der Waals surface area contributed by atoms with Crippen molar-refractivity contribution >= 4 is 17.7 Å². The Balaban J connectivity index is 2.35.